The van der Waals surface area contributed by atoms with Gasteiger partial charge in [0, 0.05) is 23.0 Å². The van der Waals surface area contributed by atoms with Gasteiger partial charge in [0.1, 0.15) is 5.60 Å². The second-order valence-corrected chi connectivity index (χ2v) is 10.5. The van der Waals surface area contributed by atoms with E-state index in [1.807, 2.05) is 11.8 Å². The Labute approximate surface area is 202 Å². The summed E-state index contributed by atoms with van der Waals surface area (Å²) in [5, 5.41) is 6.83. The molecular formula is C22H32N6O5S. The van der Waals surface area contributed by atoms with Crippen LogP contribution in [0.5, 0.6) is 0 Å². The van der Waals surface area contributed by atoms with Gasteiger partial charge in [-0.2, -0.15) is 11.8 Å². The molecule has 0 aromatic heterocycles. The lowest BCUT2D eigenvalue weighted by Gasteiger charge is -2.20. The van der Waals surface area contributed by atoms with Crippen molar-refractivity contribution in [3.8, 4) is 0 Å². The van der Waals surface area contributed by atoms with E-state index in [0.29, 0.717) is 22.4 Å². The van der Waals surface area contributed by atoms with Gasteiger partial charge in [-0.25, -0.2) is 25.9 Å². The van der Waals surface area contributed by atoms with Crippen LogP contribution in [0.4, 0.5) is 15.3 Å². The largest absolute Gasteiger partial charge is 0.443 e. The van der Waals surface area contributed by atoms with Crippen molar-refractivity contribution in [3.05, 3.63) is 29.8 Å². The first-order chi connectivity index (χ1) is 16.0. The highest BCUT2D eigenvalue weighted by Crippen LogP contribution is 2.33. The number of urea groups is 1. The van der Waals surface area contributed by atoms with Crippen molar-refractivity contribution < 1.29 is 23.9 Å². The molecule has 2 saturated heterocycles. The standard InChI is InChI=1S/C22H32N6O5S/c1-22(2,3)33-21(32)27-26-14-10-8-13(9-11-14)19(30)28(23)17(29)7-5-4-6-16-18-15(12-34-16)24-20(31)25-18/h8-11,15-16,18,26H,4-7,12,23H2,1-3H3,(H,27,32)(H2,24,25,31)/t15-,16-,18-/m0/s1. The molecule has 3 atom stereocenters. The van der Waals surface area contributed by atoms with E-state index in [0.717, 1.165) is 18.6 Å². The fourth-order valence-corrected chi connectivity index (χ4v) is 5.30. The quantitative estimate of drug-likeness (QED) is 0.121. The molecule has 0 unspecified atom stereocenters. The van der Waals surface area contributed by atoms with Crippen LogP contribution in [0.1, 0.15) is 56.8 Å². The molecular weight excluding hydrogens is 460 g/mol. The molecule has 2 fully saturated rings. The molecule has 0 spiro atoms. The smallest absolute Gasteiger partial charge is 0.426 e. The Morgan fingerprint density at radius 2 is 1.88 bits per heavy atom. The molecule has 0 bridgehead atoms. The molecule has 11 nitrogen and oxygen atoms in total. The number of anilines is 1. The molecule has 1 aromatic carbocycles. The molecule has 12 heteroatoms. The van der Waals surface area contributed by atoms with Crippen LogP contribution in [0.2, 0.25) is 0 Å². The van der Waals surface area contributed by atoms with E-state index < -0.39 is 23.5 Å². The average Bonchev–Trinajstić information content (AvgIpc) is 3.32. The summed E-state index contributed by atoms with van der Waals surface area (Å²) < 4.78 is 5.12. The van der Waals surface area contributed by atoms with Gasteiger partial charge in [-0.1, -0.05) is 6.42 Å². The lowest BCUT2D eigenvalue weighted by Crippen LogP contribution is -2.42. The van der Waals surface area contributed by atoms with Crippen molar-refractivity contribution in [2.45, 2.75) is 69.4 Å². The lowest BCUT2D eigenvalue weighted by atomic mass is 10.0. The average molecular weight is 493 g/mol. The fraction of sp³-hybridized carbons (Fsp3) is 0.545. The van der Waals surface area contributed by atoms with E-state index in [-0.39, 0.29) is 30.1 Å². The van der Waals surface area contributed by atoms with Gasteiger partial charge in [0.25, 0.3) is 5.91 Å². The lowest BCUT2D eigenvalue weighted by molar-refractivity contribution is -0.129. The Balaban J connectivity index is 1.38. The van der Waals surface area contributed by atoms with E-state index in [1.165, 1.54) is 12.1 Å². The summed E-state index contributed by atoms with van der Waals surface area (Å²) in [7, 11) is 0. The number of fused-ring (bicyclic) bond motifs is 1. The number of hydrazine groups is 2. The first-order valence-corrected chi connectivity index (χ1v) is 12.2. The Kier molecular flexibility index (Phi) is 8.26. The van der Waals surface area contributed by atoms with E-state index in [1.54, 1.807) is 32.9 Å². The summed E-state index contributed by atoms with van der Waals surface area (Å²) in [4.78, 5) is 48.0. The van der Waals surface area contributed by atoms with E-state index in [2.05, 4.69) is 21.5 Å². The highest BCUT2D eigenvalue weighted by molar-refractivity contribution is 8.00. The number of imide groups is 1. The molecule has 34 heavy (non-hydrogen) atoms. The highest BCUT2D eigenvalue weighted by atomic mass is 32.2. The second-order valence-electron chi connectivity index (χ2n) is 9.27. The molecule has 2 aliphatic rings. The first-order valence-electron chi connectivity index (χ1n) is 11.2. The molecule has 0 radical (unpaired) electrons. The highest BCUT2D eigenvalue weighted by Gasteiger charge is 2.42. The van der Waals surface area contributed by atoms with Crippen LogP contribution in [0.15, 0.2) is 24.3 Å². The zero-order chi connectivity index (χ0) is 24.9. The number of ether oxygens (including phenoxy) is 1. The van der Waals surface area contributed by atoms with Gasteiger partial charge in [0.05, 0.1) is 17.8 Å². The summed E-state index contributed by atoms with van der Waals surface area (Å²) in [6.07, 6.45) is 1.82. The van der Waals surface area contributed by atoms with Crippen molar-refractivity contribution in [3.63, 3.8) is 0 Å². The molecule has 3 rings (SSSR count). The Morgan fingerprint density at radius 1 is 1.18 bits per heavy atom. The third kappa shape index (κ3) is 7.00. The summed E-state index contributed by atoms with van der Waals surface area (Å²) in [6, 6.07) is 6.36. The van der Waals surface area contributed by atoms with Crippen LogP contribution >= 0.6 is 11.8 Å². The molecule has 2 heterocycles. The second kappa shape index (κ2) is 11.0. The number of nitrogens with zero attached hydrogens (tertiary/aromatic N) is 1. The summed E-state index contributed by atoms with van der Waals surface area (Å²) in [5.41, 5.74) is 5.23. The van der Waals surface area contributed by atoms with Crippen molar-refractivity contribution in [1.82, 2.24) is 21.1 Å². The Hall–Kier alpha value is -2.99. The van der Waals surface area contributed by atoms with Crippen LogP contribution < -0.4 is 27.3 Å². The molecule has 1 aromatic rings. The Bertz CT molecular complexity index is 919. The number of thioether (sulfide) groups is 1. The number of rotatable bonds is 8. The number of nitrogens with one attached hydrogen (secondary N) is 4. The number of unbranched alkanes of at least 4 members (excludes halogenated alkanes) is 1. The summed E-state index contributed by atoms with van der Waals surface area (Å²) in [6.45, 7) is 5.26. The van der Waals surface area contributed by atoms with Crippen LogP contribution in [0.25, 0.3) is 0 Å². The molecule has 0 aliphatic carbocycles. The van der Waals surface area contributed by atoms with Crippen molar-refractivity contribution in [2.24, 2.45) is 5.84 Å². The number of benzene rings is 1. The SMILES string of the molecule is CC(C)(C)OC(=O)NNc1ccc(C(=O)N(N)C(=O)CCCC[C@@H]2SC[C@@H]3NC(=O)N[C@@H]32)cc1. The van der Waals surface area contributed by atoms with Crippen LogP contribution in [0, 0.1) is 0 Å². The Morgan fingerprint density at radius 3 is 2.56 bits per heavy atom. The third-order valence-corrected chi connectivity index (χ3v) is 6.90. The van der Waals surface area contributed by atoms with Gasteiger partial charge in [-0.05, 0) is 57.9 Å². The fourth-order valence-electron chi connectivity index (χ4n) is 3.76. The number of carbonyl (C=O) groups excluding carboxylic acids is 4. The maximum atomic E-state index is 12.5. The van der Waals surface area contributed by atoms with Crippen molar-refractivity contribution in [2.75, 3.05) is 11.2 Å². The van der Waals surface area contributed by atoms with Gasteiger partial charge in [0.2, 0.25) is 5.91 Å². The minimum absolute atomic E-state index is 0.115. The predicted molar refractivity (Wildman–Crippen MR) is 129 cm³/mol. The maximum absolute atomic E-state index is 12.5. The topological polar surface area (TPSA) is 155 Å². The zero-order valence-corrected chi connectivity index (χ0v) is 20.4. The number of hydrogen-bond acceptors (Lipinski definition) is 8. The predicted octanol–water partition coefficient (Wildman–Crippen LogP) is 2.11. The van der Waals surface area contributed by atoms with Gasteiger partial charge < -0.3 is 15.4 Å². The number of amides is 5. The summed E-state index contributed by atoms with van der Waals surface area (Å²) >= 11 is 1.83. The maximum Gasteiger partial charge on any atom is 0.426 e. The van der Waals surface area contributed by atoms with Gasteiger partial charge in [-0.3, -0.25) is 15.0 Å². The monoisotopic (exact) mass is 492 g/mol. The molecule has 5 amide bonds. The molecule has 6 N–H and O–H groups in total. The number of carbonyl (C=O) groups is 4. The molecule has 186 valence electrons. The zero-order valence-electron chi connectivity index (χ0n) is 19.6. The molecule has 2 aliphatic heterocycles. The van der Waals surface area contributed by atoms with Crippen molar-refractivity contribution in [1.29, 1.82) is 0 Å². The van der Waals surface area contributed by atoms with Crippen LogP contribution in [0.3, 0.4) is 0 Å². The normalized spacial score (nSPS) is 21.2. The minimum atomic E-state index is -0.637. The minimum Gasteiger partial charge on any atom is -0.443 e. The van der Waals surface area contributed by atoms with Gasteiger partial charge in [0.15, 0.2) is 0 Å². The van der Waals surface area contributed by atoms with Crippen molar-refractivity contribution >= 4 is 41.4 Å². The van der Waals surface area contributed by atoms with Gasteiger partial charge >= 0.3 is 12.1 Å². The number of nitrogens with two attached hydrogens (primary N) is 1. The molecule has 0 saturated carbocycles. The van der Waals surface area contributed by atoms with E-state index in [4.69, 9.17) is 10.6 Å². The van der Waals surface area contributed by atoms with E-state index in [9.17, 15) is 19.2 Å². The number of hydrogen-bond donors (Lipinski definition) is 5. The first kappa shape index (κ1) is 25.6. The van der Waals surface area contributed by atoms with Gasteiger partial charge in [-0.15, -0.1) is 0 Å². The van der Waals surface area contributed by atoms with Crippen LogP contribution in [-0.4, -0.2) is 57.6 Å². The van der Waals surface area contributed by atoms with E-state index >= 15 is 0 Å². The summed E-state index contributed by atoms with van der Waals surface area (Å²) in [5.74, 6) is 5.60. The third-order valence-electron chi connectivity index (χ3n) is 5.39. The van der Waals surface area contributed by atoms with Crippen LogP contribution in [-0.2, 0) is 9.53 Å².